The Hall–Kier alpha value is -2.88. The van der Waals surface area contributed by atoms with Gasteiger partial charge in [-0.25, -0.2) is 8.42 Å². The summed E-state index contributed by atoms with van der Waals surface area (Å²) in [5.74, 6) is -0.807. The monoisotopic (exact) mass is 619 g/mol. The Bertz CT molecular complexity index is 1340. The van der Waals surface area contributed by atoms with Gasteiger partial charge in [0.15, 0.2) is 0 Å². The van der Waals surface area contributed by atoms with Crippen molar-refractivity contribution in [2.75, 3.05) is 17.4 Å². The molecule has 0 saturated carbocycles. The lowest BCUT2D eigenvalue weighted by Gasteiger charge is -2.32. The van der Waals surface area contributed by atoms with E-state index in [0.717, 1.165) is 27.2 Å². The van der Waals surface area contributed by atoms with Gasteiger partial charge in [0.05, 0.1) is 10.6 Å². The predicted octanol–water partition coefficient (Wildman–Crippen LogP) is 5.63. The minimum absolute atomic E-state index is 0.00227. The molecule has 0 aromatic heterocycles. The SMILES string of the molecule is CCCCNC(=O)[C@@H](C)N(Cc1cccc(Br)c1)C(=O)CN(c1ccccc1)S(=O)(=O)c1ccc(Cl)cc1. The van der Waals surface area contributed by atoms with Gasteiger partial charge in [0.25, 0.3) is 10.0 Å². The lowest BCUT2D eigenvalue weighted by molar-refractivity contribution is -0.139. The largest absolute Gasteiger partial charge is 0.354 e. The van der Waals surface area contributed by atoms with Crippen LogP contribution in [0.2, 0.25) is 5.02 Å². The summed E-state index contributed by atoms with van der Waals surface area (Å²) in [5.41, 5.74) is 1.13. The van der Waals surface area contributed by atoms with Crippen molar-refractivity contribution in [1.29, 1.82) is 0 Å². The topological polar surface area (TPSA) is 86.8 Å². The summed E-state index contributed by atoms with van der Waals surface area (Å²) in [6.45, 7) is 3.81. The number of benzene rings is 3. The number of hydrogen-bond donors (Lipinski definition) is 1. The van der Waals surface area contributed by atoms with Gasteiger partial charge in [-0.1, -0.05) is 71.2 Å². The van der Waals surface area contributed by atoms with Gasteiger partial charge in [0, 0.05) is 22.6 Å². The number of sulfonamides is 1. The molecule has 0 fully saturated rings. The maximum atomic E-state index is 13.8. The average Bonchev–Trinajstić information content (AvgIpc) is 2.90. The zero-order valence-corrected chi connectivity index (χ0v) is 24.5. The number of halogens is 2. The van der Waals surface area contributed by atoms with Crippen LogP contribution >= 0.6 is 27.5 Å². The second-order valence-corrected chi connectivity index (χ2v) is 12.0. The van der Waals surface area contributed by atoms with Crippen LogP contribution in [0.15, 0.2) is 88.2 Å². The number of hydrogen-bond acceptors (Lipinski definition) is 4. The first-order valence-corrected chi connectivity index (χ1v) is 14.9. The Morgan fingerprint density at radius 3 is 2.32 bits per heavy atom. The molecule has 3 aromatic rings. The summed E-state index contributed by atoms with van der Waals surface area (Å²) in [4.78, 5) is 28.2. The Balaban J connectivity index is 1.97. The zero-order chi connectivity index (χ0) is 27.7. The average molecular weight is 621 g/mol. The van der Waals surface area contributed by atoms with Crippen LogP contribution in [0.1, 0.15) is 32.3 Å². The molecule has 0 heterocycles. The fourth-order valence-corrected chi connectivity index (χ4v) is 5.79. The first-order valence-electron chi connectivity index (χ1n) is 12.3. The molecule has 0 radical (unpaired) electrons. The van der Waals surface area contributed by atoms with Crippen LogP contribution in [0.5, 0.6) is 0 Å². The molecule has 1 N–H and O–H groups in total. The van der Waals surface area contributed by atoms with E-state index < -0.39 is 28.5 Å². The van der Waals surface area contributed by atoms with Crippen LogP contribution in [-0.4, -0.2) is 44.3 Å². The standard InChI is InChI=1S/C28H31BrClN3O4S/c1-3-4-17-31-28(35)21(2)32(19-22-9-8-10-23(29)18-22)27(34)20-33(25-11-6-5-7-12-25)38(36,37)26-15-13-24(30)14-16-26/h5-16,18,21H,3-4,17,19-20H2,1-2H3,(H,31,35)/t21-/m1/s1. The van der Waals surface area contributed by atoms with E-state index in [4.69, 9.17) is 11.6 Å². The van der Waals surface area contributed by atoms with Crippen LogP contribution in [0, 0.1) is 0 Å². The third-order valence-corrected chi connectivity index (χ3v) is 8.50. The van der Waals surface area contributed by atoms with E-state index in [1.54, 1.807) is 37.3 Å². The van der Waals surface area contributed by atoms with E-state index in [1.807, 2.05) is 31.2 Å². The molecule has 0 saturated heterocycles. The lowest BCUT2D eigenvalue weighted by Crippen LogP contribution is -2.51. The predicted molar refractivity (Wildman–Crippen MR) is 154 cm³/mol. The Morgan fingerprint density at radius 2 is 1.68 bits per heavy atom. The molecular formula is C28H31BrClN3O4S. The van der Waals surface area contributed by atoms with Crippen LogP contribution in [0.3, 0.4) is 0 Å². The summed E-state index contributed by atoms with van der Waals surface area (Å²) in [6.07, 6.45) is 1.74. The quantitative estimate of drug-likeness (QED) is 0.266. The van der Waals surface area contributed by atoms with E-state index in [-0.39, 0.29) is 17.3 Å². The van der Waals surface area contributed by atoms with E-state index in [1.165, 1.54) is 29.2 Å². The van der Waals surface area contributed by atoms with Crippen molar-refractivity contribution in [3.8, 4) is 0 Å². The molecule has 3 rings (SSSR count). The fourth-order valence-electron chi connectivity index (χ4n) is 3.81. The van der Waals surface area contributed by atoms with Gasteiger partial charge in [-0.05, 0) is 67.4 Å². The minimum atomic E-state index is -4.12. The number of unbranched alkanes of at least 4 members (excludes halogenated alkanes) is 1. The third-order valence-electron chi connectivity index (χ3n) is 5.96. The van der Waals surface area contributed by atoms with Crippen molar-refractivity contribution in [1.82, 2.24) is 10.2 Å². The fraction of sp³-hybridized carbons (Fsp3) is 0.286. The number of para-hydroxylation sites is 1. The van der Waals surface area contributed by atoms with Crippen molar-refractivity contribution in [3.05, 3.63) is 93.9 Å². The Labute approximate surface area is 238 Å². The minimum Gasteiger partial charge on any atom is -0.354 e. The number of nitrogens with zero attached hydrogens (tertiary/aromatic N) is 2. The molecule has 0 aliphatic carbocycles. The molecule has 1 atom stereocenters. The maximum absolute atomic E-state index is 13.8. The van der Waals surface area contributed by atoms with Gasteiger partial charge in [-0.15, -0.1) is 0 Å². The van der Waals surface area contributed by atoms with E-state index >= 15 is 0 Å². The summed E-state index contributed by atoms with van der Waals surface area (Å²) >= 11 is 9.42. The smallest absolute Gasteiger partial charge is 0.264 e. The van der Waals surface area contributed by atoms with Gasteiger partial charge in [0.2, 0.25) is 11.8 Å². The van der Waals surface area contributed by atoms with Crippen molar-refractivity contribution >= 4 is 55.1 Å². The van der Waals surface area contributed by atoms with Crippen molar-refractivity contribution < 1.29 is 18.0 Å². The highest BCUT2D eigenvalue weighted by atomic mass is 79.9. The van der Waals surface area contributed by atoms with Gasteiger partial charge < -0.3 is 10.2 Å². The summed E-state index contributed by atoms with van der Waals surface area (Å²) in [5, 5.41) is 3.27. The highest BCUT2D eigenvalue weighted by Gasteiger charge is 2.32. The molecule has 38 heavy (non-hydrogen) atoms. The van der Waals surface area contributed by atoms with Gasteiger partial charge >= 0.3 is 0 Å². The first-order chi connectivity index (χ1) is 18.1. The number of carbonyl (C=O) groups is 2. The molecule has 10 heteroatoms. The Kier molecular flexibility index (Phi) is 10.8. The highest BCUT2D eigenvalue weighted by molar-refractivity contribution is 9.10. The molecule has 3 aromatic carbocycles. The van der Waals surface area contributed by atoms with Gasteiger partial charge in [-0.2, -0.15) is 0 Å². The molecule has 202 valence electrons. The second-order valence-electron chi connectivity index (χ2n) is 8.77. The molecule has 0 aliphatic heterocycles. The summed E-state index contributed by atoms with van der Waals surface area (Å²) in [6, 6.07) is 20.8. The van der Waals surface area contributed by atoms with Crippen molar-refractivity contribution in [3.63, 3.8) is 0 Å². The van der Waals surface area contributed by atoms with E-state index in [2.05, 4.69) is 21.2 Å². The van der Waals surface area contributed by atoms with Gasteiger partial charge in [0.1, 0.15) is 12.6 Å². The lowest BCUT2D eigenvalue weighted by atomic mass is 10.1. The van der Waals surface area contributed by atoms with E-state index in [0.29, 0.717) is 17.3 Å². The molecule has 0 unspecified atom stereocenters. The normalized spacial score (nSPS) is 12.0. The third kappa shape index (κ3) is 7.82. The van der Waals surface area contributed by atoms with Gasteiger partial charge in [-0.3, -0.25) is 13.9 Å². The summed E-state index contributed by atoms with van der Waals surface area (Å²) < 4.78 is 29.3. The molecule has 0 aliphatic rings. The van der Waals surface area contributed by atoms with Crippen LogP contribution in [0.4, 0.5) is 5.69 Å². The summed E-state index contributed by atoms with van der Waals surface area (Å²) in [7, 11) is -4.12. The van der Waals surface area contributed by atoms with Crippen LogP contribution in [0.25, 0.3) is 0 Å². The highest BCUT2D eigenvalue weighted by Crippen LogP contribution is 2.25. The van der Waals surface area contributed by atoms with Crippen molar-refractivity contribution in [2.45, 2.75) is 44.2 Å². The van der Waals surface area contributed by atoms with E-state index in [9.17, 15) is 18.0 Å². The molecule has 2 amide bonds. The Morgan fingerprint density at radius 1 is 1.00 bits per heavy atom. The number of anilines is 1. The number of amides is 2. The molecule has 7 nitrogen and oxygen atoms in total. The number of nitrogens with one attached hydrogen (secondary N) is 1. The van der Waals surface area contributed by atoms with Crippen LogP contribution in [-0.2, 0) is 26.2 Å². The maximum Gasteiger partial charge on any atom is 0.264 e. The molecule has 0 spiro atoms. The number of rotatable bonds is 12. The number of carbonyl (C=O) groups excluding carboxylic acids is 2. The molecule has 0 bridgehead atoms. The van der Waals surface area contributed by atoms with Crippen molar-refractivity contribution in [2.24, 2.45) is 0 Å². The zero-order valence-electron chi connectivity index (χ0n) is 21.3. The second kappa shape index (κ2) is 13.8. The molecular weight excluding hydrogens is 590 g/mol. The van der Waals surface area contributed by atoms with Crippen LogP contribution < -0.4 is 9.62 Å². The first kappa shape index (κ1) is 29.7.